The number of amides is 1. The number of carbonyl (C=O) groups is 2. The lowest BCUT2D eigenvalue weighted by Gasteiger charge is -2.35. The normalized spacial score (nSPS) is 30.6. The molecular weight excluding hydrogens is 268 g/mol. The van der Waals surface area contributed by atoms with E-state index in [-0.39, 0.29) is 29.8 Å². The SMILES string of the molecule is CCOC(=O)C1CCCN(C(=O)C2CCCCCC2N)C1. The number of carbonyl (C=O) groups excluding carboxylic acids is 2. The summed E-state index contributed by atoms with van der Waals surface area (Å²) in [6.07, 6.45) is 6.89. The van der Waals surface area contributed by atoms with Crippen molar-refractivity contribution in [2.75, 3.05) is 19.7 Å². The van der Waals surface area contributed by atoms with Gasteiger partial charge in [0.05, 0.1) is 18.4 Å². The molecule has 2 fully saturated rings. The van der Waals surface area contributed by atoms with Gasteiger partial charge in [-0.15, -0.1) is 0 Å². The van der Waals surface area contributed by atoms with E-state index >= 15 is 0 Å². The lowest BCUT2D eigenvalue weighted by atomic mass is 9.91. The van der Waals surface area contributed by atoms with Crippen LogP contribution < -0.4 is 5.73 Å². The van der Waals surface area contributed by atoms with Crippen LogP contribution in [0.3, 0.4) is 0 Å². The summed E-state index contributed by atoms with van der Waals surface area (Å²) in [5.41, 5.74) is 6.19. The number of nitrogens with zero attached hydrogens (tertiary/aromatic N) is 1. The Labute approximate surface area is 127 Å². The molecular formula is C16H28N2O3. The zero-order valence-electron chi connectivity index (χ0n) is 13.1. The first-order valence-electron chi connectivity index (χ1n) is 8.34. The molecule has 3 unspecified atom stereocenters. The molecule has 2 rings (SSSR count). The Morgan fingerprint density at radius 3 is 2.67 bits per heavy atom. The van der Waals surface area contributed by atoms with E-state index in [4.69, 9.17) is 10.5 Å². The van der Waals surface area contributed by atoms with Gasteiger partial charge in [-0.3, -0.25) is 9.59 Å². The summed E-state index contributed by atoms with van der Waals surface area (Å²) in [7, 11) is 0. The van der Waals surface area contributed by atoms with Crippen molar-refractivity contribution in [2.45, 2.75) is 57.9 Å². The minimum absolute atomic E-state index is 0.0250. The summed E-state index contributed by atoms with van der Waals surface area (Å²) < 4.78 is 5.09. The van der Waals surface area contributed by atoms with Crippen molar-refractivity contribution in [3.63, 3.8) is 0 Å². The quantitative estimate of drug-likeness (QED) is 0.635. The fourth-order valence-corrected chi connectivity index (χ4v) is 3.51. The molecule has 1 heterocycles. The zero-order chi connectivity index (χ0) is 15.2. The molecule has 1 amide bonds. The molecule has 1 aliphatic carbocycles. The van der Waals surface area contributed by atoms with Gasteiger partial charge < -0.3 is 15.4 Å². The van der Waals surface area contributed by atoms with E-state index in [2.05, 4.69) is 0 Å². The molecule has 0 bridgehead atoms. The Balaban J connectivity index is 1.96. The maximum atomic E-state index is 12.7. The maximum Gasteiger partial charge on any atom is 0.310 e. The van der Waals surface area contributed by atoms with E-state index in [1.807, 2.05) is 11.8 Å². The van der Waals surface area contributed by atoms with Crippen LogP contribution in [0.1, 0.15) is 51.9 Å². The lowest BCUT2D eigenvalue weighted by Crippen LogP contribution is -2.48. The van der Waals surface area contributed by atoms with Crippen LogP contribution in [0, 0.1) is 11.8 Å². The highest BCUT2D eigenvalue weighted by Gasteiger charge is 2.35. The van der Waals surface area contributed by atoms with Crippen molar-refractivity contribution in [1.82, 2.24) is 4.90 Å². The van der Waals surface area contributed by atoms with Gasteiger partial charge in [0, 0.05) is 19.1 Å². The number of hydrogen-bond acceptors (Lipinski definition) is 4. The van der Waals surface area contributed by atoms with Crippen LogP contribution in [0.15, 0.2) is 0 Å². The van der Waals surface area contributed by atoms with E-state index in [9.17, 15) is 9.59 Å². The Morgan fingerprint density at radius 2 is 1.90 bits per heavy atom. The second-order valence-electron chi connectivity index (χ2n) is 6.28. The van der Waals surface area contributed by atoms with E-state index in [0.29, 0.717) is 13.2 Å². The first-order valence-corrected chi connectivity index (χ1v) is 8.34. The molecule has 1 saturated carbocycles. The highest BCUT2D eigenvalue weighted by atomic mass is 16.5. The molecule has 0 aromatic rings. The topological polar surface area (TPSA) is 72.6 Å². The smallest absolute Gasteiger partial charge is 0.310 e. The average molecular weight is 296 g/mol. The van der Waals surface area contributed by atoms with Crippen LogP contribution in [0.5, 0.6) is 0 Å². The van der Waals surface area contributed by atoms with Crippen molar-refractivity contribution in [3.05, 3.63) is 0 Å². The number of rotatable bonds is 3. The third-order valence-electron chi connectivity index (χ3n) is 4.74. The molecule has 3 atom stereocenters. The van der Waals surface area contributed by atoms with E-state index in [1.54, 1.807) is 0 Å². The molecule has 0 radical (unpaired) electrons. The molecule has 1 saturated heterocycles. The van der Waals surface area contributed by atoms with Crippen LogP contribution in [0.25, 0.3) is 0 Å². The third-order valence-corrected chi connectivity index (χ3v) is 4.74. The first-order chi connectivity index (χ1) is 10.1. The maximum absolute atomic E-state index is 12.7. The Bertz CT molecular complexity index is 373. The summed E-state index contributed by atoms with van der Waals surface area (Å²) in [5.74, 6) is -0.239. The Morgan fingerprint density at radius 1 is 1.14 bits per heavy atom. The van der Waals surface area contributed by atoms with Crippen molar-refractivity contribution in [3.8, 4) is 0 Å². The fraction of sp³-hybridized carbons (Fsp3) is 0.875. The van der Waals surface area contributed by atoms with E-state index in [1.165, 1.54) is 6.42 Å². The molecule has 5 heteroatoms. The zero-order valence-corrected chi connectivity index (χ0v) is 13.1. The van der Waals surface area contributed by atoms with Gasteiger partial charge in [0.2, 0.25) is 5.91 Å². The van der Waals surface area contributed by atoms with Gasteiger partial charge in [-0.25, -0.2) is 0 Å². The lowest BCUT2D eigenvalue weighted by molar-refractivity contribution is -0.152. The number of esters is 1. The molecule has 21 heavy (non-hydrogen) atoms. The molecule has 5 nitrogen and oxygen atoms in total. The number of ether oxygens (including phenoxy) is 1. The summed E-state index contributed by atoms with van der Waals surface area (Å²) >= 11 is 0. The second kappa shape index (κ2) is 7.78. The van der Waals surface area contributed by atoms with Gasteiger partial charge in [0.25, 0.3) is 0 Å². The van der Waals surface area contributed by atoms with Gasteiger partial charge in [0.15, 0.2) is 0 Å². The van der Waals surface area contributed by atoms with Crippen molar-refractivity contribution in [2.24, 2.45) is 17.6 Å². The van der Waals surface area contributed by atoms with E-state index < -0.39 is 0 Å². The molecule has 120 valence electrons. The standard InChI is InChI=1S/C16H28N2O3/c1-2-21-16(20)12-7-6-10-18(11-12)15(19)13-8-4-3-5-9-14(13)17/h12-14H,2-11,17H2,1H3. The average Bonchev–Trinajstić information content (AvgIpc) is 2.71. The molecule has 2 aliphatic rings. The van der Waals surface area contributed by atoms with Gasteiger partial charge in [-0.1, -0.05) is 19.3 Å². The van der Waals surface area contributed by atoms with Crippen molar-refractivity contribution < 1.29 is 14.3 Å². The molecule has 0 aromatic heterocycles. The summed E-state index contributed by atoms with van der Waals surface area (Å²) in [6.45, 7) is 3.46. The number of likely N-dealkylation sites (tertiary alicyclic amines) is 1. The van der Waals surface area contributed by atoms with Crippen LogP contribution in [0.2, 0.25) is 0 Å². The summed E-state index contributed by atoms with van der Waals surface area (Å²) in [4.78, 5) is 26.5. The van der Waals surface area contributed by atoms with Crippen molar-refractivity contribution in [1.29, 1.82) is 0 Å². The minimum Gasteiger partial charge on any atom is -0.466 e. The largest absolute Gasteiger partial charge is 0.466 e. The van der Waals surface area contributed by atoms with Crippen LogP contribution in [-0.2, 0) is 14.3 Å². The summed E-state index contributed by atoms with van der Waals surface area (Å²) in [6, 6.07) is -0.0250. The third kappa shape index (κ3) is 4.19. The number of piperidine rings is 1. The molecule has 1 aliphatic heterocycles. The Hall–Kier alpha value is -1.10. The van der Waals surface area contributed by atoms with Gasteiger partial charge in [0.1, 0.15) is 0 Å². The van der Waals surface area contributed by atoms with E-state index in [0.717, 1.165) is 45.1 Å². The molecule has 0 spiro atoms. The van der Waals surface area contributed by atoms with Crippen molar-refractivity contribution >= 4 is 11.9 Å². The van der Waals surface area contributed by atoms with Gasteiger partial charge in [-0.2, -0.15) is 0 Å². The Kier molecular flexibility index (Phi) is 6.03. The van der Waals surface area contributed by atoms with Gasteiger partial charge >= 0.3 is 5.97 Å². The van der Waals surface area contributed by atoms with Crippen LogP contribution >= 0.6 is 0 Å². The highest BCUT2D eigenvalue weighted by molar-refractivity contribution is 5.81. The number of nitrogens with two attached hydrogens (primary N) is 1. The predicted molar refractivity (Wildman–Crippen MR) is 80.5 cm³/mol. The monoisotopic (exact) mass is 296 g/mol. The van der Waals surface area contributed by atoms with Gasteiger partial charge in [-0.05, 0) is 32.6 Å². The molecule has 0 aromatic carbocycles. The predicted octanol–water partition coefficient (Wildman–Crippen LogP) is 1.70. The molecule has 2 N–H and O–H groups in total. The van der Waals surface area contributed by atoms with Crippen LogP contribution in [0.4, 0.5) is 0 Å². The minimum atomic E-state index is -0.167. The number of hydrogen-bond donors (Lipinski definition) is 1. The second-order valence-corrected chi connectivity index (χ2v) is 6.28. The highest BCUT2D eigenvalue weighted by Crippen LogP contribution is 2.26. The summed E-state index contributed by atoms with van der Waals surface area (Å²) in [5, 5.41) is 0. The first kappa shape index (κ1) is 16.3. The van der Waals surface area contributed by atoms with Crippen LogP contribution in [-0.4, -0.2) is 42.5 Å². The fourth-order valence-electron chi connectivity index (χ4n) is 3.51.